The van der Waals surface area contributed by atoms with Crippen molar-refractivity contribution in [3.05, 3.63) is 17.0 Å². The van der Waals surface area contributed by atoms with Gasteiger partial charge in [0.15, 0.2) is 0 Å². The zero-order valence-electron chi connectivity index (χ0n) is 10.0. The molecule has 0 spiro atoms. The lowest BCUT2D eigenvalue weighted by Gasteiger charge is -2.25. The van der Waals surface area contributed by atoms with Gasteiger partial charge < -0.3 is 5.73 Å². The molecule has 5 nitrogen and oxygen atoms in total. The van der Waals surface area contributed by atoms with Crippen molar-refractivity contribution in [2.45, 2.75) is 23.1 Å². The first-order valence-corrected chi connectivity index (χ1v) is 7.94. The summed E-state index contributed by atoms with van der Waals surface area (Å²) in [5.41, 5.74) is 5.67. The van der Waals surface area contributed by atoms with Crippen LogP contribution in [0.15, 0.2) is 16.3 Å². The average molecular weight is 285 g/mol. The lowest BCUT2D eigenvalue weighted by Crippen LogP contribution is -2.42. The Hall–Kier alpha value is -0.940. The first-order chi connectivity index (χ1) is 8.50. The Kier molecular flexibility index (Phi) is 3.73. The summed E-state index contributed by atoms with van der Waals surface area (Å²) in [6, 6.07) is 4.82. The van der Waals surface area contributed by atoms with Gasteiger partial charge in [-0.25, -0.2) is 8.42 Å². The standard InChI is InChI=1S/C11H15N3O2S2/c1-14(10(7-13)8-2-3-8)18(15,16)11-5-4-9(6-12)17-11/h4-5,8,10H,2-3,7,13H2,1H3. The molecule has 1 aliphatic carbocycles. The predicted octanol–water partition coefficient (Wildman–Crippen LogP) is 0.978. The fraction of sp³-hybridized carbons (Fsp3) is 0.545. The number of nitrogens with zero attached hydrogens (tertiary/aromatic N) is 2. The van der Waals surface area contributed by atoms with E-state index in [4.69, 9.17) is 11.0 Å². The van der Waals surface area contributed by atoms with Crippen LogP contribution in [-0.4, -0.2) is 32.4 Å². The molecule has 0 amide bonds. The van der Waals surface area contributed by atoms with Gasteiger partial charge in [0, 0.05) is 19.6 Å². The Balaban J connectivity index is 2.27. The van der Waals surface area contributed by atoms with Crippen molar-refractivity contribution in [1.29, 1.82) is 5.26 Å². The summed E-state index contributed by atoms with van der Waals surface area (Å²) in [6.07, 6.45) is 2.07. The van der Waals surface area contributed by atoms with E-state index in [1.807, 2.05) is 6.07 Å². The van der Waals surface area contributed by atoms with E-state index in [0.29, 0.717) is 17.3 Å². The maximum Gasteiger partial charge on any atom is 0.252 e. The largest absolute Gasteiger partial charge is 0.329 e. The van der Waals surface area contributed by atoms with Gasteiger partial charge in [-0.3, -0.25) is 0 Å². The van der Waals surface area contributed by atoms with E-state index in [2.05, 4.69) is 0 Å². The van der Waals surface area contributed by atoms with E-state index in [1.165, 1.54) is 16.4 Å². The highest BCUT2D eigenvalue weighted by molar-refractivity contribution is 7.91. The Morgan fingerprint density at radius 2 is 2.28 bits per heavy atom. The molecule has 98 valence electrons. The minimum atomic E-state index is -3.52. The number of thiophene rings is 1. The third kappa shape index (κ3) is 2.42. The van der Waals surface area contributed by atoms with Crippen molar-refractivity contribution in [2.24, 2.45) is 11.7 Å². The SMILES string of the molecule is CN(C(CN)C1CC1)S(=O)(=O)c1ccc(C#N)s1. The maximum atomic E-state index is 12.4. The predicted molar refractivity (Wildman–Crippen MR) is 69.5 cm³/mol. The summed E-state index contributed by atoms with van der Waals surface area (Å²) >= 11 is 0.997. The molecule has 0 saturated heterocycles. The van der Waals surface area contributed by atoms with Crippen LogP contribution >= 0.6 is 11.3 Å². The number of sulfonamides is 1. The van der Waals surface area contributed by atoms with Crippen molar-refractivity contribution < 1.29 is 8.42 Å². The number of nitrogens with two attached hydrogens (primary N) is 1. The van der Waals surface area contributed by atoms with Crippen molar-refractivity contribution in [3.8, 4) is 6.07 Å². The van der Waals surface area contributed by atoms with E-state index in [0.717, 1.165) is 24.2 Å². The molecule has 0 radical (unpaired) electrons. The highest BCUT2D eigenvalue weighted by atomic mass is 32.2. The molecule has 2 N–H and O–H groups in total. The third-order valence-corrected chi connectivity index (χ3v) is 6.54. The monoisotopic (exact) mass is 285 g/mol. The highest BCUT2D eigenvalue weighted by Crippen LogP contribution is 2.37. The molecule has 18 heavy (non-hydrogen) atoms. The second kappa shape index (κ2) is 4.97. The fourth-order valence-corrected chi connectivity index (χ4v) is 4.67. The van der Waals surface area contributed by atoms with E-state index < -0.39 is 10.0 Å². The summed E-state index contributed by atoms with van der Waals surface area (Å²) in [7, 11) is -1.96. The Bertz CT molecular complexity index is 569. The van der Waals surface area contributed by atoms with Gasteiger partial charge in [0.25, 0.3) is 10.0 Å². The van der Waals surface area contributed by atoms with Gasteiger partial charge in [-0.05, 0) is 30.9 Å². The van der Waals surface area contributed by atoms with Crippen LogP contribution in [0.3, 0.4) is 0 Å². The number of hydrogen-bond donors (Lipinski definition) is 1. The van der Waals surface area contributed by atoms with E-state index in [9.17, 15) is 8.42 Å². The average Bonchev–Trinajstić information content (AvgIpc) is 3.06. The topological polar surface area (TPSA) is 87.2 Å². The van der Waals surface area contributed by atoms with Crippen LogP contribution < -0.4 is 5.73 Å². The molecule has 1 unspecified atom stereocenters. The van der Waals surface area contributed by atoms with Gasteiger partial charge in [-0.15, -0.1) is 11.3 Å². The molecule has 2 rings (SSSR count). The highest BCUT2D eigenvalue weighted by Gasteiger charge is 2.38. The summed E-state index contributed by atoms with van der Waals surface area (Å²) < 4.78 is 26.3. The number of rotatable bonds is 5. The van der Waals surface area contributed by atoms with Crippen LogP contribution in [0.4, 0.5) is 0 Å². The van der Waals surface area contributed by atoms with E-state index in [1.54, 1.807) is 7.05 Å². The number of nitriles is 1. The fourth-order valence-electron chi connectivity index (χ4n) is 1.96. The molecular weight excluding hydrogens is 270 g/mol. The van der Waals surface area contributed by atoms with Gasteiger partial charge >= 0.3 is 0 Å². The van der Waals surface area contributed by atoms with Gasteiger partial charge in [-0.1, -0.05) is 0 Å². The maximum absolute atomic E-state index is 12.4. The van der Waals surface area contributed by atoms with E-state index in [-0.39, 0.29) is 10.3 Å². The van der Waals surface area contributed by atoms with Crippen LogP contribution in [0, 0.1) is 17.2 Å². The van der Waals surface area contributed by atoms with Gasteiger partial charge in [-0.2, -0.15) is 9.57 Å². The van der Waals surface area contributed by atoms with Crippen molar-refractivity contribution >= 4 is 21.4 Å². The first kappa shape index (κ1) is 13.5. The van der Waals surface area contributed by atoms with Crippen molar-refractivity contribution in [1.82, 2.24) is 4.31 Å². The minimum absolute atomic E-state index is 0.136. The summed E-state index contributed by atoms with van der Waals surface area (Å²) in [4.78, 5) is 0.401. The molecule has 1 saturated carbocycles. The Morgan fingerprint density at radius 1 is 1.61 bits per heavy atom. The Labute approximate surface area is 111 Å². The van der Waals surface area contributed by atoms with Gasteiger partial charge in [0.1, 0.15) is 15.2 Å². The molecule has 1 heterocycles. The zero-order valence-corrected chi connectivity index (χ0v) is 11.7. The van der Waals surface area contributed by atoms with Crippen LogP contribution in [0.1, 0.15) is 17.7 Å². The molecule has 1 aliphatic rings. The smallest absolute Gasteiger partial charge is 0.252 e. The molecule has 1 aromatic heterocycles. The summed E-state index contributed by atoms with van der Waals surface area (Å²) in [5, 5.41) is 8.74. The minimum Gasteiger partial charge on any atom is -0.329 e. The molecule has 7 heteroatoms. The Morgan fingerprint density at radius 3 is 2.72 bits per heavy atom. The second-order valence-corrected chi connectivity index (χ2v) is 7.70. The third-order valence-electron chi connectivity index (χ3n) is 3.20. The first-order valence-electron chi connectivity index (χ1n) is 5.68. The van der Waals surface area contributed by atoms with Crippen LogP contribution in [-0.2, 0) is 10.0 Å². The van der Waals surface area contributed by atoms with Crippen molar-refractivity contribution in [2.75, 3.05) is 13.6 Å². The summed E-state index contributed by atoms with van der Waals surface area (Å²) in [6.45, 7) is 0.330. The quantitative estimate of drug-likeness (QED) is 0.873. The zero-order chi connectivity index (χ0) is 13.3. The summed E-state index contributed by atoms with van der Waals surface area (Å²) in [5.74, 6) is 0.380. The molecule has 1 fully saturated rings. The van der Waals surface area contributed by atoms with Crippen LogP contribution in [0.5, 0.6) is 0 Å². The van der Waals surface area contributed by atoms with Crippen LogP contribution in [0.25, 0.3) is 0 Å². The molecule has 1 aromatic rings. The van der Waals surface area contributed by atoms with Gasteiger partial charge in [0.05, 0.1) is 0 Å². The lowest BCUT2D eigenvalue weighted by molar-refractivity contribution is 0.341. The molecule has 0 bridgehead atoms. The normalized spacial score (nSPS) is 17.7. The van der Waals surface area contributed by atoms with Gasteiger partial charge in [0.2, 0.25) is 0 Å². The number of hydrogen-bond acceptors (Lipinski definition) is 5. The molecule has 1 atom stereocenters. The second-order valence-electron chi connectivity index (χ2n) is 4.39. The van der Waals surface area contributed by atoms with Crippen LogP contribution in [0.2, 0.25) is 0 Å². The van der Waals surface area contributed by atoms with E-state index >= 15 is 0 Å². The number of likely N-dealkylation sites (N-methyl/N-ethyl adjacent to an activating group) is 1. The molecular formula is C11H15N3O2S2. The molecule has 0 aliphatic heterocycles. The molecule has 0 aromatic carbocycles. The van der Waals surface area contributed by atoms with Crippen molar-refractivity contribution in [3.63, 3.8) is 0 Å². The lowest BCUT2D eigenvalue weighted by atomic mass is 10.2.